The summed E-state index contributed by atoms with van der Waals surface area (Å²) < 4.78 is 0.613. The Balaban J connectivity index is 0.000001000. The Kier molecular flexibility index (Phi) is 4.52. The first-order valence-electron chi connectivity index (χ1n) is 2.83. The highest BCUT2D eigenvalue weighted by molar-refractivity contribution is 9.10. The van der Waals surface area contributed by atoms with Crippen LogP contribution in [0.2, 0.25) is 0 Å². The predicted molar refractivity (Wildman–Crippen MR) is 52.3 cm³/mol. The molecular weight excluding hydrogens is 274 g/mol. The van der Waals surface area contributed by atoms with Gasteiger partial charge in [-0.3, -0.25) is 4.79 Å². The van der Waals surface area contributed by atoms with Gasteiger partial charge < -0.3 is 0 Å². The Morgan fingerprint density at radius 3 is 2.64 bits per heavy atom. The molecular formula is C7H7Br2NO. The van der Waals surface area contributed by atoms with E-state index in [1.807, 2.05) is 0 Å². The fourth-order valence-corrected chi connectivity index (χ4v) is 1.18. The van der Waals surface area contributed by atoms with Crippen molar-refractivity contribution in [3.05, 3.63) is 28.5 Å². The monoisotopic (exact) mass is 279 g/mol. The molecule has 11 heavy (non-hydrogen) atoms. The number of carbonyl (C=O) groups is 1. The SMILES string of the molecule is Br.CC(=O)c1cccnc1Br. The molecule has 0 N–H and O–H groups in total. The fraction of sp³-hybridized carbons (Fsp3) is 0.143. The van der Waals surface area contributed by atoms with Crippen molar-refractivity contribution >= 4 is 38.7 Å². The summed E-state index contributed by atoms with van der Waals surface area (Å²) in [5, 5.41) is 0. The maximum atomic E-state index is 10.8. The van der Waals surface area contributed by atoms with Gasteiger partial charge in [0.25, 0.3) is 0 Å². The van der Waals surface area contributed by atoms with E-state index >= 15 is 0 Å². The summed E-state index contributed by atoms with van der Waals surface area (Å²) in [5.41, 5.74) is 0.627. The normalized spacial score (nSPS) is 8.55. The van der Waals surface area contributed by atoms with Gasteiger partial charge in [-0.25, -0.2) is 4.98 Å². The average molecular weight is 281 g/mol. The van der Waals surface area contributed by atoms with Crippen LogP contribution in [0.5, 0.6) is 0 Å². The summed E-state index contributed by atoms with van der Waals surface area (Å²) >= 11 is 3.16. The summed E-state index contributed by atoms with van der Waals surface area (Å²) in [7, 11) is 0. The number of Topliss-reactive ketones (excluding diaryl/α,β-unsaturated/α-hetero) is 1. The van der Waals surface area contributed by atoms with Crippen LogP contribution in [0.3, 0.4) is 0 Å². The largest absolute Gasteiger partial charge is 0.294 e. The lowest BCUT2D eigenvalue weighted by Gasteiger charge is -1.94. The molecule has 1 rings (SSSR count). The van der Waals surface area contributed by atoms with E-state index in [1.165, 1.54) is 6.92 Å². The number of hydrogen-bond donors (Lipinski definition) is 0. The highest BCUT2D eigenvalue weighted by atomic mass is 79.9. The quantitative estimate of drug-likeness (QED) is 0.585. The van der Waals surface area contributed by atoms with Crippen LogP contribution in [0.15, 0.2) is 22.9 Å². The highest BCUT2D eigenvalue weighted by Gasteiger charge is 2.02. The van der Waals surface area contributed by atoms with Gasteiger partial charge in [-0.05, 0) is 35.0 Å². The first kappa shape index (κ1) is 10.8. The van der Waals surface area contributed by atoms with Gasteiger partial charge in [-0.15, -0.1) is 17.0 Å². The molecule has 0 atom stereocenters. The molecule has 1 heterocycles. The summed E-state index contributed by atoms with van der Waals surface area (Å²) in [6.45, 7) is 1.52. The second-order valence-corrected chi connectivity index (χ2v) is 2.65. The molecule has 0 aliphatic carbocycles. The van der Waals surface area contributed by atoms with Gasteiger partial charge in [0.05, 0.1) is 5.56 Å². The van der Waals surface area contributed by atoms with Crippen molar-refractivity contribution < 1.29 is 4.79 Å². The van der Waals surface area contributed by atoms with Crippen LogP contribution in [0.25, 0.3) is 0 Å². The molecule has 1 aromatic heterocycles. The summed E-state index contributed by atoms with van der Waals surface area (Å²) in [4.78, 5) is 14.7. The van der Waals surface area contributed by atoms with Crippen LogP contribution in [0, 0.1) is 0 Å². The first-order valence-corrected chi connectivity index (χ1v) is 3.62. The lowest BCUT2D eigenvalue weighted by molar-refractivity contribution is 0.101. The molecule has 0 saturated carbocycles. The molecule has 0 aromatic carbocycles. The summed E-state index contributed by atoms with van der Waals surface area (Å²) in [6.07, 6.45) is 1.64. The fourth-order valence-electron chi connectivity index (χ4n) is 0.649. The van der Waals surface area contributed by atoms with E-state index in [0.29, 0.717) is 10.2 Å². The van der Waals surface area contributed by atoms with Crippen LogP contribution >= 0.6 is 32.9 Å². The van der Waals surface area contributed by atoms with Crippen LogP contribution in [-0.2, 0) is 0 Å². The Morgan fingerprint density at radius 2 is 2.27 bits per heavy atom. The first-order chi connectivity index (χ1) is 4.72. The Hall–Kier alpha value is -0.220. The van der Waals surface area contributed by atoms with Crippen molar-refractivity contribution in [1.82, 2.24) is 4.98 Å². The van der Waals surface area contributed by atoms with E-state index in [1.54, 1.807) is 18.3 Å². The van der Waals surface area contributed by atoms with Gasteiger partial charge >= 0.3 is 0 Å². The third-order valence-corrected chi connectivity index (χ3v) is 1.77. The number of pyridine rings is 1. The molecule has 0 radical (unpaired) electrons. The molecule has 4 heteroatoms. The number of aromatic nitrogens is 1. The lowest BCUT2D eigenvalue weighted by Crippen LogP contribution is -1.93. The van der Waals surface area contributed by atoms with Crippen molar-refractivity contribution in [2.45, 2.75) is 6.92 Å². The Bertz CT molecular complexity index is 262. The van der Waals surface area contributed by atoms with Crippen molar-refractivity contribution in [2.24, 2.45) is 0 Å². The number of ketones is 1. The van der Waals surface area contributed by atoms with E-state index in [-0.39, 0.29) is 22.8 Å². The van der Waals surface area contributed by atoms with Crippen molar-refractivity contribution in [1.29, 1.82) is 0 Å². The number of halogens is 2. The van der Waals surface area contributed by atoms with Crippen LogP contribution in [-0.4, -0.2) is 10.8 Å². The molecule has 2 nitrogen and oxygen atoms in total. The van der Waals surface area contributed by atoms with E-state index in [9.17, 15) is 4.79 Å². The number of nitrogens with zero attached hydrogens (tertiary/aromatic N) is 1. The minimum absolute atomic E-state index is 0. The minimum atomic E-state index is 0. The maximum absolute atomic E-state index is 10.8. The van der Waals surface area contributed by atoms with Crippen molar-refractivity contribution in [2.75, 3.05) is 0 Å². The number of carbonyl (C=O) groups excluding carboxylic acids is 1. The van der Waals surface area contributed by atoms with Gasteiger partial charge in [0, 0.05) is 6.20 Å². The molecule has 0 bridgehead atoms. The standard InChI is InChI=1S/C7H6BrNO.BrH/c1-5(10)6-3-2-4-9-7(6)8;/h2-4H,1H3;1H. The Morgan fingerprint density at radius 1 is 1.64 bits per heavy atom. The van der Waals surface area contributed by atoms with E-state index in [4.69, 9.17) is 0 Å². The molecule has 1 aromatic rings. The molecule has 0 spiro atoms. The third-order valence-electron chi connectivity index (χ3n) is 1.14. The molecule has 0 fully saturated rings. The summed E-state index contributed by atoms with van der Waals surface area (Å²) in [6, 6.07) is 3.47. The van der Waals surface area contributed by atoms with Gasteiger partial charge in [0.1, 0.15) is 4.60 Å². The third kappa shape index (κ3) is 2.71. The van der Waals surface area contributed by atoms with Gasteiger partial charge in [-0.1, -0.05) is 0 Å². The number of hydrogen-bond acceptors (Lipinski definition) is 2. The van der Waals surface area contributed by atoms with Crippen molar-refractivity contribution in [3.8, 4) is 0 Å². The highest BCUT2D eigenvalue weighted by Crippen LogP contribution is 2.12. The zero-order chi connectivity index (χ0) is 7.56. The van der Waals surface area contributed by atoms with E-state index in [0.717, 1.165) is 0 Å². The van der Waals surface area contributed by atoms with Crippen molar-refractivity contribution in [3.63, 3.8) is 0 Å². The zero-order valence-electron chi connectivity index (χ0n) is 5.87. The van der Waals surface area contributed by atoms with Crippen LogP contribution < -0.4 is 0 Å². The smallest absolute Gasteiger partial charge is 0.162 e. The second-order valence-electron chi connectivity index (χ2n) is 1.90. The van der Waals surface area contributed by atoms with Gasteiger partial charge in [0.2, 0.25) is 0 Å². The van der Waals surface area contributed by atoms with Crippen LogP contribution in [0.4, 0.5) is 0 Å². The van der Waals surface area contributed by atoms with Gasteiger partial charge in [0.15, 0.2) is 5.78 Å². The van der Waals surface area contributed by atoms with E-state index in [2.05, 4.69) is 20.9 Å². The maximum Gasteiger partial charge on any atom is 0.162 e. The zero-order valence-corrected chi connectivity index (χ0v) is 9.17. The number of rotatable bonds is 1. The van der Waals surface area contributed by atoms with Gasteiger partial charge in [-0.2, -0.15) is 0 Å². The minimum Gasteiger partial charge on any atom is -0.294 e. The second kappa shape index (κ2) is 4.62. The average Bonchev–Trinajstić information content (AvgIpc) is 1.88. The summed E-state index contributed by atoms with van der Waals surface area (Å²) in [5.74, 6) is 0.0278. The Labute approximate surface area is 83.9 Å². The molecule has 0 unspecified atom stereocenters. The molecule has 0 aliphatic rings. The lowest BCUT2D eigenvalue weighted by atomic mass is 10.2. The molecule has 60 valence electrons. The van der Waals surface area contributed by atoms with Crippen LogP contribution in [0.1, 0.15) is 17.3 Å². The molecule has 0 aliphatic heterocycles. The van der Waals surface area contributed by atoms with E-state index < -0.39 is 0 Å². The molecule has 0 amide bonds. The topological polar surface area (TPSA) is 30.0 Å². The molecule has 0 saturated heterocycles. The predicted octanol–water partition coefficient (Wildman–Crippen LogP) is 2.62.